The summed E-state index contributed by atoms with van der Waals surface area (Å²) in [7, 11) is 0. The second kappa shape index (κ2) is 7.52. The van der Waals surface area contributed by atoms with Gasteiger partial charge in [-0.2, -0.15) is 13.2 Å². The molecule has 2 unspecified atom stereocenters. The number of halogens is 3. The van der Waals surface area contributed by atoms with Gasteiger partial charge in [-0.25, -0.2) is 9.97 Å². The Morgan fingerprint density at radius 2 is 1.96 bits per heavy atom. The summed E-state index contributed by atoms with van der Waals surface area (Å²) in [4.78, 5) is 14.3. The Bertz CT molecular complexity index is 935. The molecule has 1 saturated heterocycles. The van der Waals surface area contributed by atoms with Gasteiger partial charge in [-0.05, 0) is 43.1 Å². The second-order valence-corrected chi connectivity index (χ2v) is 7.26. The van der Waals surface area contributed by atoms with E-state index in [-0.39, 0.29) is 12.1 Å². The molecule has 5 nitrogen and oxygen atoms in total. The third-order valence-corrected chi connectivity index (χ3v) is 5.36. The van der Waals surface area contributed by atoms with E-state index in [1.165, 1.54) is 0 Å². The van der Waals surface area contributed by atoms with Crippen molar-refractivity contribution in [1.82, 2.24) is 19.9 Å². The van der Waals surface area contributed by atoms with Gasteiger partial charge in [0.2, 0.25) is 0 Å². The van der Waals surface area contributed by atoms with E-state index in [1.54, 1.807) is 18.3 Å². The fraction of sp³-hybridized carbons (Fsp3) is 0.400. The molecule has 1 aromatic carbocycles. The minimum atomic E-state index is -4.32. The number of hydrogen-bond donors (Lipinski definition) is 2. The second-order valence-electron chi connectivity index (χ2n) is 7.26. The highest BCUT2D eigenvalue weighted by Gasteiger charge is 2.32. The van der Waals surface area contributed by atoms with E-state index < -0.39 is 11.7 Å². The summed E-state index contributed by atoms with van der Waals surface area (Å²) < 4.78 is 38.3. The molecule has 2 aromatic heterocycles. The molecule has 0 aliphatic carbocycles. The van der Waals surface area contributed by atoms with Crippen molar-refractivity contribution in [3.63, 3.8) is 0 Å². The number of nitrogens with two attached hydrogens (primary N) is 1. The predicted octanol–water partition coefficient (Wildman–Crippen LogP) is 4.03. The van der Waals surface area contributed by atoms with Gasteiger partial charge < -0.3 is 10.7 Å². The predicted molar refractivity (Wildman–Crippen MR) is 100 cm³/mol. The third-order valence-electron chi connectivity index (χ3n) is 5.36. The summed E-state index contributed by atoms with van der Waals surface area (Å²) in [5, 5.41) is 0.932. The number of nitrogens with zero attached hydrogens (tertiary/aromatic N) is 3. The monoisotopic (exact) mass is 389 g/mol. The highest BCUT2D eigenvalue weighted by Crippen LogP contribution is 2.31. The molecule has 3 aromatic rings. The standard InChI is InChI=1S/C20H22F3N5/c21-20(22,23)15-6-4-13(5-7-15)12-28-10-2-1-3-16(28)17(24)19-26-11-14-8-9-25-18(14)27-19/h4-9,11,16-17H,1-3,10,12,24H2,(H,25,26,27). The average Bonchev–Trinajstić information content (AvgIpc) is 3.15. The first kappa shape index (κ1) is 18.9. The van der Waals surface area contributed by atoms with Crippen molar-refractivity contribution in [1.29, 1.82) is 0 Å². The summed E-state index contributed by atoms with van der Waals surface area (Å²) in [5.41, 5.74) is 7.49. The molecule has 0 amide bonds. The number of H-pyrrole nitrogens is 1. The topological polar surface area (TPSA) is 70.8 Å². The summed E-state index contributed by atoms with van der Waals surface area (Å²) >= 11 is 0. The van der Waals surface area contributed by atoms with Crippen LogP contribution in [-0.4, -0.2) is 32.4 Å². The van der Waals surface area contributed by atoms with Crippen LogP contribution < -0.4 is 5.73 Å². The van der Waals surface area contributed by atoms with Crippen LogP contribution in [0.15, 0.2) is 42.7 Å². The first-order chi connectivity index (χ1) is 13.4. The summed E-state index contributed by atoms with van der Waals surface area (Å²) in [5.74, 6) is 0.583. The molecule has 1 fully saturated rings. The van der Waals surface area contributed by atoms with Crippen molar-refractivity contribution in [2.75, 3.05) is 6.54 Å². The lowest BCUT2D eigenvalue weighted by Crippen LogP contribution is -2.46. The molecule has 3 N–H and O–H groups in total. The molecule has 4 rings (SSSR count). The first-order valence-corrected chi connectivity index (χ1v) is 9.37. The van der Waals surface area contributed by atoms with Crippen LogP contribution in [0.5, 0.6) is 0 Å². The fourth-order valence-electron chi connectivity index (χ4n) is 3.84. The number of fused-ring (bicyclic) bond motifs is 1. The van der Waals surface area contributed by atoms with Gasteiger partial charge >= 0.3 is 6.18 Å². The van der Waals surface area contributed by atoms with Gasteiger partial charge in [-0.15, -0.1) is 0 Å². The van der Waals surface area contributed by atoms with Crippen molar-refractivity contribution in [3.8, 4) is 0 Å². The van der Waals surface area contributed by atoms with Gasteiger partial charge in [-0.3, -0.25) is 4.90 Å². The maximum absolute atomic E-state index is 12.8. The van der Waals surface area contributed by atoms with Crippen molar-refractivity contribution < 1.29 is 13.2 Å². The number of likely N-dealkylation sites (tertiary alicyclic amines) is 1. The van der Waals surface area contributed by atoms with Gasteiger partial charge in [0.05, 0.1) is 11.6 Å². The Labute approximate surface area is 160 Å². The number of piperidine rings is 1. The number of benzene rings is 1. The lowest BCUT2D eigenvalue weighted by molar-refractivity contribution is -0.137. The smallest absolute Gasteiger partial charge is 0.346 e. The Balaban J connectivity index is 1.52. The highest BCUT2D eigenvalue weighted by molar-refractivity contribution is 5.73. The maximum Gasteiger partial charge on any atom is 0.416 e. The van der Waals surface area contributed by atoms with Crippen molar-refractivity contribution in [2.45, 2.75) is 44.1 Å². The van der Waals surface area contributed by atoms with E-state index in [9.17, 15) is 13.2 Å². The van der Waals surface area contributed by atoms with Crippen LogP contribution in [0.25, 0.3) is 11.0 Å². The number of hydrogen-bond acceptors (Lipinski definition) is 4. The van der Waals surface area contributed by atoms with E-state index in [0.29, 0.717) is 12.4 Å². The van der Waals surface area contributed by atoms with E-state index in [2.05, 4.69) is 19.9 Å². The van der Waals surface area contributed by atoms with Crippen LogP contribution in [0.3, 0.4) is 0 Å². The zero-order valence-corrected chi connectivity index (χ0v) is 15.3. The Hall–Kier alpha value is -2.45. The highest BCUT2D eigenvalue weighted by atomic mass is 19.4. The SMILES string of the molecule is NC(c1ncc2cc[nH]c2n1)C1CCCCN1Cc1ccc(C(F)(F)F)cc1. The molecule has 1 aliphatic heterocycles. The third kappa shape index (κ3) is 3.88. The van der Waals surface area contributed by atoms with E-state index in [1.807, 2.05) is 12.3 Å². The molecule has 148 valence electrons. The van der Waals surface area contributed by atoms with E-state index in [4.69, 9.17) is 5.73 Å². The number of rotatable bonds is 4. The normalized spacial score (nSPS) is 19.8. The van der Waals surface area contributed by atoms with Crippen molar-refractivity contribution in [2.24, 2.45) is 5.73 Å². The van der Waals surface area contributed by atoms with Crippen LogP contribution >= 0.6 is 0 Å². The molecule has 0 spiro atoms. The van der Waals surface area contributed by atoms with Crippen LogP contribution in [0, 0.1) is 0 Å². The Kier molecular flexibility index (Phi) is 5.07. The zero-order chi connectivity index (χ0) is 19.7. The maximum atomic E-state index is 12.8. The van der Waals surface area contributed by atoms with Crippen LogP contribution in [-0.2, 0) is 12.7 Å². The molecule has 2 atom stereocenters. The number of nitrogens with one attached hydrogen (secondary N) is 1. The van der Waals surface area contributed by atoms with Crippen LogP contribution in [0.1, 0.15) is 42.3 Å². The number of aromatic nitrogens is 3. The van der Waals surface area contributed by atoms with Gasteiger partial charge in [0.1, 0.15) is 11.5 Å². The minimum Gasteiger partial charge on any atom is -0.346 e. The fourth-order valence-corrected chi connectivity index (χ4v) is 3.84. The quantitative estimate of drug-likeness (QED) is 0.707. The molecule has 0 saturated carbocycles. The molecule has 1 aliphatic rings. The molecular formula is C20H22F3N5. The Morgan fingerprint density at radius 3 is 2.71 bits per heavy atom. The molecular weight excluding hydrogens is 367 g/mol. The van der Waals surface area contributed by atoms with Gasteiger partial charge in [-0.1, -0.05) is 18.6 Å². The molecule has 28 heavy (non-hydrogen) atoms. The van der Waals surface area contributed by atoms with Crippen LogP contribution in [0.2, 0.25) is 0 Å². The number of aromatic amines is 1. The largest absolute Gasteiger partial charge is 0.416 e. The van der Waals surface area contributed by atoms with E-state index >= 15 is 0 Å². The molecule has 0 radical (unpaired) electrons. The molecule has 3 heterocycles. The van der Waals surface area contributed by atoms with Crippen molar-refractivity contribution >= 4 is 11.0 Å². The zero-order valence-electron chi connectivity index (χ0n) is 15.3. The minimum absolute atomic E-state index is 0.0449. The average molecular weight is 389 g/mol. The first-order valence-electron chi connectivity index (χ1n) is 9.37. The van der Waals surface area contributed by atoms with Gasteiger partial charge in [0.15, 0.2) is 0 Å². The number of alkyl halides is 3. The summed E-state index contributed by atoms with van der Waals surface area (Å²) in [6.45, 7) is 1.41. The molecule has 8 heteroatoms. The van der Waals surface area contributed by atoms with Gasteiger partial charge in [0.25, 0.3) is 0 Å². The lowest BCUT2D eigenvalue weighted by atomic mass is 9.94. The summed E-state index contributed by atoms with van der Waals surface area (Å²) in [6, 6.07) is 6.95. The van der Waals surface area contributed by atoms with Crippen LogP contribution in [0.4, 0.5) is 13.2 Å². The van der Waals surface area contributed by atoms with E-state index in [0.717, 1.165) is 54.5 Å². The Morgan fingerprint density at radius 1 is 1.18 bits per heavy atom. The molecule has 0 bridgehead atoms. The van der Waals surface area contributed by atoms with Crippen molar-refractivity contribution in [3.05, 3.63) is 59.7 Å². The van der Waals surface area contributed by atoms with Gasteiger partial charge in [0, 0.05) is 30.4 Å². The summed E-state index contributed by atoms with van der Waals surface area (Å²) in [6.07, 6.45) is 2.27. The lowest BCUT2D eigenvalue weighted by Gasteiger charge is -2.38.